The van der Waals surface area contributed by atoms with E-state index in [1.807, 2.05) is 6.26 Å². The van der Waals surface area contributed by atoms with Gasteiger partial charge in [-0.1, -0.05) is 0 Å². The maximum Gasteiger partial charge on any atom is 0.163 e. The Morgan fingerprint density at radius 1 is 1.80 bits per heavy atom. The lowest BCUT2D eigenvalue weighted by Gasteiger charge is -1.79. The second-order valence-electron chi connectivity index (χ2n) is 1.64. The summed E-state index contributed by atoms with van der Waals surface area (Å²) >= 11 is 2.82. The Bertz CT molecular complexity index is 242. The van der Waals surface area contributed by atoms with Crippen molar-refractivity contribution in [1.82, 2.24) is 0 Å². The van der Waals surface area contributed by atoms with Gasteiger partial charge in [0.2, 0.25) is 0 Å². The topological polar surface area (TPSA) is 37.3 Å². The Morgan fingerprint density at radius 3 is 2.80 bits per heavy atom. The predicted octanol–water partition coefficient (Wildman–Crippen LogP) is 1.99. The van der Waals surface area contributed by atoms with Crippen LogP contribution in [0.25, 0.3) is 0 Å². The van der Waals surface area contributed by atoms with Gasteiger partial charge in [-0.3, -0.25) is 4.79 Å². The molecule has 1 heterocycles. The second-order valence-corrected chi connectivity index (χ2v) is 3.83. The molecule has 0 aliphatic rings. The summed E-state index contributed by atoms with van der Waals surface area (Å²) in [6.07, 6.45) is 2.57. The Balaban J connectivity index is 3.03. The van der Waals surface area contributed by atoms with E-state index in [0.29, 0.717) is 11.2 Å². The standard InChI is InChI=1S/C6H6O2S2/c1-9-6-2-4(8)5(3-7)10-6/h2-3,8H,1H3. The summed E-state index contributed by atoms with van der Waals surface area (Å²) in [7, 11) is 0. The Morgan fingerprint density at radius 2 is 2.50 bits per heavy atom. The van der Waals surface area contributed by atoms with E-state index in [2.05, 4.69) is 0 Å². The molecule has 1 aromatic rings. The van der Waals surface area contributed by atoms with Crippen LogP contribution in [0, 0.1) is 0 Å². The third-order valence-corrected chi connectivity index (χ3v) is 3.14. The molecule has 0 saturated heterocycles. The van der Waals surface area contributed by atoms with E-state index < -0.39 is 0 Å². The van der Waals surface area contributed by atoms with Crippen molar-refractivity contribution in [3.63, 3.8) is 0 Å². The maximum absolute atomic E-state index is 10.2. The van der Waals surface area contributed by atoms with E-state index >= 15 is 0 Å². The average molecular weight is 174 g/mol. The molecule has 0 aromatic carbocycles. The zero-order valence-electron chi connectivity index (χ0n) is 5.33. The highest BCUT2D eigenvalue weighted by Crippen LogP contribution is 2.32. The van der Waals surface area contributed by atoms with Crippen LogP contribution >= 0.6 is 23.1 Å². The summed E-state index contributed by atoms with van der Waals surface area (Å²) in [4.78, 5) is 10.6. The van der Waals surface area contributed by atoms with Crippen molar-refractivity contribution in [2.24, 2.45) is 0 Å². The normalized spacial score (nSPS) is 9.70. The van der Waals surface area contributed by atoms with Gasteiger partial charge in [-0.15, -0.1) is 23.1 Å². The molecule has 1 N–H and O–H groups in total. The lowest BCUT2D eigenvalue weighted by atomic mass is 10.5. The molecule has 0 spiro atoms. The van der Waals surface area contributed by atoms with Gasteiger partial charge < -0.3 is 5.11 Å². The van der Waals surface area contributed by atoms with Crippen LogP contribution < -0.4 is 0 Å². The maximum atomic E-state index is 10.2. The number of thiophene rings is 1. The minimum Gasteiger partial charge on any atom is -0.506 e. The van der Waals surface area contributed by atoms with Crippen LogP contribution in [0.15, 0.2) is 10.3 Å². The molecule has 1 rings (SSSR count). The van der Waals surface area contributed by atoms with Crippen molar-refractivity contribution in [3.05, 3.63) is 10.9 Å². The number of hydrogen-bond acceptors (Lipinski definition) is 4. The smallest absolute Gasteiger partial charge is 0.163 e. The Labute approximate surface area is 66.9 Å². The zero-order chi connectivity index (χ0) is 7.56. The van der Waals surface area contributed by atoms with Crippen LogP contribution in [0.5, 0.6) is 5.75 Å². The predicted molar refractivity (Wildman–Crippen MR) is 43.2 cm³/mol. The number of carbonyl (C=O) groups is 1. The van der Waals surface area contributed by atoms with Gasteiger partial charge in [-0.2, -0.15) is 0 Å². The number of thioether (sulfide) groups is 1. The highest BCUT2D eigenvalue weighted by Gasteiger charge is 2.04. The molecule has 0 aliphatic heterocycles. The lowest BCUT2D eigenvalue weighted by molar-refractivity contribution is 0.112. The number of aromatic hydroxyl groups is 1. The van der Waals surface area contributed by atoms with Crippen molar-refractivity contribution >= 4 is 29.4 Å². The van der Waals surface area contributed by atoms with E-state index in [4.69, 9.17) is 5.11 Å². The first kappa shape index (κ1) is 7.63. The molecular weight excluding hydrogens is 168 g/mol. The van der Waals surface area contributed by atoms with E-state index in [1.54, 1.807) is 6.07 Å². The number of rotatable bonds is 2. The molecule has 0 radical (unpaired) electrons. The number of aldehydes is 1. The summed E-state index contributed by atoms with van der Waals surface area (Å²) < 4.78 is 0.958. The van der Waals surface area contributed by atoms with Crippen LogP contribution in [0.2, 0.25) is 0 Å². The molecule has 10 heavy (non-hydrogen) atoms. The molecule has 2 nitrogen and oxygen atoms in total. The molecule has 54 valence electrons. The van der Waals surface area contributed by atoms with Gasteiger partial charge in [0.1, 0.15) is 10.6 Å². The fourth-order valence-electron chi connectivity index (χ4n) is 0.558. The van der Waals surface area contributed by atoms with Crippen molar-refractivity contribution in [2.75, 3.05) is 6.26 Å². The molecule has 0 saturated carbocycles. The zero-order valence-corrected chi connectivity index (χ0v) is 6.96. The molecule has 0 bridgehead atoms. The largest absolute Gasteiger partial charge is 0.506 e. The van der Waals surface area contributed by atoms with Gasteiger partial charge in [0, 0.05) is 6.07 Å². The molecule has 0 unspecified atom stereocenters. The number of hydrogen-bond donors (Lipinski definition) is 1. The highest BCUT2D eigenvalue weighted by molar-refractivity contribution is 8.00. The van der Waals surface area contributed by atoms with Crippen molar-refractivity contribution in [1.29, 1.82) is 0 Å². The minimum absolute atomic E-state index is 0.0874. The quantitative estimate of drug-likeness (QED) is 0.550. The van der Waals surface area contributed by atoms with Gasteiger partial charge in [0.15, 0.2) is 6.29 Å². The van der Waals surface area contributed by atoms with Crippen molar-refractivity contribution < 1.29 is 9.90 Å². The monoisotopic (exact) mass is 174 g/mol. The van der Waals surface area contributed by atoms with E-state index in [9.17, 15) is 4.79 Å². The third kappa shape index (κ3) is 1.33. The van der Waals surface area contributed by atoms with E-state index in [-0.39, 0.29) is 5.75 Å². The lowest BCUT2D eigenvalue weighted by Crippen LogP contribution is -1.66. The molecular formula is C6H6O2S2. The third-order valence-electron chi connectivity index (χ3n) is 1.03. The molecule has 0 atom stereocenters. The van der Waals surface area contributed by atoms with E-state index in [0.717, 1.165) is 4.21 Å². The minimum atomic E-state index is 0.0874. The van der Waals surface area contributed by atoms with Gasteiger partial charge >= 0.3 is 0 Å². The first-order chi connectivity index (χ1) is 4.77. The van der Waals surface area contributed by atoms with Gasteiger partial charge in [-0.05, 0) is 6.26 Å². The van der Waals surface area contributed by atoms with Gasteiger partial charge in [0.25, 0.3) is 0 Å². The molecule has 1 aromatic heterocycles. The molecule has 0 amide bonds. The summed E-state index contributed by atoms with van der Waals surface area (Å²) in [5.41, 5.74) is 0. The Kier molecular flexibility index (Phi) is 2.34. The molecule has 0 aliphatic carbocycles. The van der Waals surface area contributed by atoms with E-state index in [1.165, 1.54) is 23.1 Å². The average Bonchev–Trinajstić information content (AvgIpc) is 2.30. The second kappa shape index (κ2) is 3.07. The molecule has 0 fully saturated rings. The first-order valence-electron chi connectivity index (χ1n) is 2.60. The highest BCUT2D eigenvalue weighted by atomic mass is 32.2. The van der Waals surface area contributed by atoms with Crippen LogP contribution in [0.1, 0.15) is 9.67 Å². The summed E-state index contributed by atoms with van der Waals surface area (Å²) in [6, 6.07) is 1.60. The van der Waals surface area contributed by atoms with Crippen molar-refractivity contribution in [3.8, 4) is 5.75 Å². The fraction of sp³-hybridized carbons (Fsp3) is 0.167. The summed E-state index contributed by atoms with van der Waals surface area (Å²) in [6.45, 7) is 0. The molecule has 4 heteroatoms. The summed E-state index contributed by atoms with van der Waals surface area (Å²) in [5.74, 6) is 0.0874. The van der Waals surface area contributed by atoms with Crippen molar-refractivity contribution in [2.45, 2.75) is 4.21 Å². The number of carbonyl (C=O) groups excluding carboxylic acids is 1. The fourth-order valence-corrected chi connectivity index (χ4v) is 1.99. The van der Waals surface area contributed by atoms with Gasteiger partial charge in [-0.25, -0.2) is 0 Å². The van der Waals surface area contributed by atoms with Crippen LogP contribution in [-0.4, -0.2) is 17.6 Å². The SMILES string of the molecule is CSc1cc(O)c(C=O)s1. The van der Waals surface area contributed by atoms with Crippen LogP contribution in [-0.2, 0) is 0 Å². The van der Waals surface area contributed by atoms with Crippen LogP contribution in [0.4, 0.5) is 0 Å². The summed E-state index contributed by atoms with van der Waals surface area (Å²) in [5, 5.41) is 9.03. The first-order valence-corrected chi connectivity index (χ1v) is 4.64. The van der Waals surface area contributed by atoms with Gasteiger partial charge in [0.05, 0.1) is 4.21 Å². The Hall–Kier alpha value is -0.480. The van der Waals surface area contributed by atoms with Crippen LogP contribution in [0.3, 0.4) is 0 Å².